The van der Waals surface area contributed by atoms with E-state index in [1.54, 1.807) is 44.3 Å². The van der Waals surface area contributed by atoms with Gasteiger partial charge in [0.1, 0.15) is 6.10 Å². The van der Waals surface area contributed by atoms with Gasteiger partial charge in [0.25, 0.3) is 0 Å². The maximum absolute atomic E-state index is 13.0. The number of hydrogen-bond donors (Lipinski definition) is 2. The summed E-state index contributed by atoms with van der Waals surface area (Å²) < 4.78 is 34.2. The lowest BCUT2D eigenvalue weighted by atomic mass is 9.98. The Morgan fingerprint density at radius 1 is 1.11 bits per heavy atom. The number of amides is 1. The van der Waals surface area contributed by atoms with Crippen LogP contribution >= 0.6 is 0 Å². The van der Waals surface area contributed by atoms with Crippen LogP contribution in [0.5, 0.6) is 0 Å². The van der Waals surface area contributed by atoms with Gasteiger partial charge in [0.15, 0.2) is 0 Å². The van der Waals surface area contributed by atoms with Crippen LogP contribution in [0, 0.1) is 0 Å². The second-order valence-corrected chi connectivity index (χ2v) is 11.2. The molecule has 1 aliphatic carbocycles. The molecule has 2 N–H and O–H groups in total. The smallest absolute Gasteiger partial charge is 0.407 e. The number of alkyl carbamates (subject to hydrolysis) is 1. The summed E-state index contributed by atoms with van der Waals surface area (Å²) in [5.74, 6) is 0. The Bertz CT molecular complexity index is 1200. The summed E-state index contributed by atoms with van der Waals surface area (Å²) in [6.07, 6.45) is 5.29. The van der Waals surface area contributed by atoms with Crippen molar-refractivity contribution in [1.29, 1.82) is 0 Å². The lowest BCUT2D eigenvalue weighted by Gasteiger charge is -2.26. The first kappa shape index (κ1) is 27.5. The summed E-state index contributed by atoms with van der Waals surface area (Å²) in [6, 6.07) is 14.5. The molecular formula is C27H36N4O4S. The molecule has 1 saturated carbocycles. The van der Waals surface area contributed by atoms with Crippen molar-refractivity contribution in [1.82, 2.24) is 10.0 Å². The van der Waals surface area contributed by atoms with Gasteiger partial charge in [-0.2, -0.15) is 10.2 Å². The van der Waals surface area contributed by atoms with E-state index in [4.69, 9.17) is 4.74 Å². The minimum Gasteiger partial charge on any atom is -0.446 e. The van der Waals surface area contributed by atoms with Crippen LogP contribution in [0.2, 0.25) is 0 Å². The molecule has 0 aromatic heterocycles. The van der Waals surface area contributed by atoms with E-state index in [-0.39, 0.29) is 11.0 Å². The first-order valence-corrected chi connectivity index (χ1v) is 13.8. The molecule has 0 saturated heterocycles. The maximum atomic E-state index is 13.0. The Morgan fingerprint density at radius 2 is 1.81 bits per heavy atom. The van der Waals surface area contributed by atoms with Crippen molar-refractivity contribution >= 4 is 16.1 Å². The molecular weight excluding hydrogens is 476 g/mol. The number of rotatable bonds is 10. The van der Waals surface area contributed by atoms with Crippen LogP contribution in [0.25, 0.3) is 11.1 Å². The number of benzene rings is 2. The lowest BCUT2D eigenvalue weighted by molar-refractivity contribution is 0.100. The fourth-order valence-electron chi connectivity index (χ4n) is 3.91. The summed E-state index contributed by atoms with van der Waals surface area (Å²) in [5.41, 5.74) is 2.65. The summed E-state index contributed by atoms with van der Waals surface area (Å²) in [4.78, 5) is 12.2. The normalized spacial score (nSPS) is 15.4. The SMILES string of the molecule is CCN=N/C=C(\C)C(C)(C)NS(=O)(=O)c1ccc(-c2cccc(CNC(=O)OC3CCCC3)c2)cc1. The van der Waals surface area contributed by atoms with E-state index in [2.05, 4.69) is 20.3 Å². The number of nitrogens with one attached hydrogen (secondary N) is 2. The van der Waals surface area contributed by atoms with Gasteiger partial charge in [-0.25, -0.2) is 17.9 Å². The monoisotopic (exact) mass is 512 g/mol. The third-order valence-corrected chi connectivity index (χ3v) is 7.96. The standard InChI is InChI=1S/C27H36N4O4S/c1-5-29-30-18-20(2)27(3,4)31-36(33,34)25-15-13-22(14-16-25)23-10-8-9-21(17-23)19-28-26(32)35-24-11-6-7-12-24/h8-10,13-18,24,31H,5-7,11-12,19H2,1-4H3,(H,28,32)/b20-18+,30-29?. The Hall–Kier alpha value is -3.04. The Morgan fingerprint density at radius 3 is 2.47 bits per heavy atom. The molecule has 0 bridgehead atoms. The molecule has 36 heavy (non-hydrogen) atoms. The van der Waals surface area contributed by atoms with Gasteiger partial charge < -0.3 is 10.1 Å². The molecule has 0 heterocycles. The van der Waals surface area contributed by atoms with Crippen LogP contribution < -0.4 is 10.0 Å². The number of nitrogens with zero attached hydrogens (tertiary/aromatic N) is 2. The predicted molar refractivity (Wildman–Crippen MR) is 141 cm³/mol. The molecule has 0 atom stereocenters. The highest BCUT2D eigenvalue weighted by atomic mass is 32.2. The molecule has 0 radical (unpaired) electrons. The summed E-state index contributed by atoms with van der Waals surface area (Å²) in [6.45, 7) is 8.19. The van der Waals surface area contributed by atoms with Crippen LogP contribution in [0.1, 0.15) is 58.9 Å². The summed E-state index contributed by atoms with van der Waals surface area (Å²) in [5, 5.41) is 10.7. The van der Waals surface area contributed by atoms with Gasteiger partial charge >= 0.3 is 6.09 Å². The van der Waals surface area contributed by atoms with Crippen molar-refractivity contribution in [3.8, 4) is 11.1 Å². The minimum absolute atomic E-state index is 0.0256. The lowest BCUT2D eigenvalue weighted by Crippen LogP contribution is -2.44. The fraction of sp³-hybridized carbons (Fsp3) is 0.444. The molecule has 0 aliphatic heterocycles. The maximum Gasteiger partial charge on any atom is 0.407 e. The zero-order valence-corrected chi connectivity index (χ0v) is 22.3. The molecule has 1 amide bonds. The second-order valence-electron chi connectivity index (χ2n) is 9.51. The first-order valence-electron chi connectivity index (χ1n) is 12.3. The topological polar surface area (TPSA) is 109 Å². The van der Waals surface area contributed by atoms with Crippen molar-refractivity contribution < 1.29 is 17.9 Å². The Kier molecular flexibility index (Phi) is 9.39. The van der Waals surface area contributed by atoms with Gasteiger partial charge in [-0.15, -0.1) is 0 Å². The number of azo groups is 1. The Balaban J connectivity index is 1.65. The van der Waals surface area contributed by atoms with E-state index >= 15 is 0 Å². The van der Waals surface area contributed by atoms with Crippen LogP contribution in [0.4, 0.5) is 4.79 Å². The molecule has 2 aromatic rings. The van der Waals surface area contributed by atoms with Gasteiger partial charge in [0, 0.05) is 18.3 Å². The molecule has 0 spiro atoms. The Labute approximate surface area is 214 Å². The highest BCUT2D eigenvalue weighted by molar-refractivity contribution is 7.89. The molecule has 2 aromatic carbocycles. The highest BCUT2D eigenvalue weighted by Crippen LogP contribution is 2.25. The zero-order chi connectivity index (χ0) is 26.2. The molecule has 1 fully saturated rings. The number of carbonyl (C=O) groups is 1. The van der Waals surface area contributed by atoms with Crippen molar-refractivity contribution in [3.63, 3.8) is 0 Å². The van der Waals surface area contributed by atoms with Crippen molar-refractivity contribution in [2.24, 2.45) is 10.2 Å². The fourth-order valence-corrected chi connectivity index (χ4v) is 5.35. The van der Waals surface area contributed by atoms with E-state index in [9.17, 15) is 13.2 Å². The molecule has 9 heteroatoms. The third-order valence-electron chi connectivity index (χ3n) is 6.29. The highest BCUT2D eigenvalue weighted by Gasteiger charge is 2.28. The number of ether oxygens (including phenoxy) is 1. The zero-order valence-electron chi connectivity index (χ0n) is 21.5. The molecule has 0 unspecified atom stereocenters. The minimum atomic E-state index is -3.75. The van der Waals surface area contributed by atoms with Gasteiger partial charge in [-0.05, 0) is 93.8 Å². The quantitative estimate of drug-likeness (QED) is 0.383. The molecule has 1 aliphatic rings. The number of carbonyl (C=O) groups excluding carboxylic acids is 1. The summed E-state index contributed by atoms with van der Waals surface area (Å²) in [7, 11) is -3.75. The molecule has 194 valence electrons. The summed E-state index contributed by atoms with van der Waals surface area (Å²) >= 11 is 0. The average molecular weight is 513 g/mol. The van der Waals surface area contributed by atoms with Gasteiger partial charge in [0.2, 0.25) is 10.0 Å². The van der Waals surface area contributed by atoms with Crippen LogP contribution in [-0.2, 0) is 21.3 Å². The van der Waals surface area contributed by atoms with E-state index in [1.807, 2.05) is 38.1 Å². The van der Waals surface area contributed by atoms with Crippen molar-refractivity contribution in [3.05, 3.63) is 65.9 Å². The van der Waals surface area contributed by atoms with E-state index < -0.39 is 21.7 Å². The van der Waals surface area contributed by atoms with E-state index in [1.165, 1.54) is 0 Å². The molecule has 8 nitrogen and oxygen atoms in total. The first-order chi connectivity index (χ1) is 17.1. The number of sulfonamides is 1. The molecule has 3 rings (SSSR count). The van der Waals surface area contributed by atoms with Crippen LogP contribution in [0.15, 0.2) is 75.4 Å². The van der Waals surface area contributed by atoms with E-state index in [0.29, 0.717) is 13.1 Å². The van der Waals surface area contributed by atoms with Crippen LogP contribution in [-0.4, -0.2) is 32.7 Å². The van der Waals surface area contributed by atoms with Crippen molar-refractivity contribution in [2.45, 2.75) is 76.5 Å². The van der Waals surface area contributed by atoms with Crippen LogP contribution in [0.3, 0.4) is 0 Å². The largest absolute Gasteiger partial charge is 0.446 e. The van der Waals surface area contributed by atoms with Crippen molar-refractivity contribution in [2.75, 3.05) is 6.54 Å². The number of hydrogen-bond acceptors (Lipinski definition) is 6. The second kappa shape index (κ2) is 12.3. The predicted octanol–water partition coefficient (Wildman–Crippen LogP) is 5.96. The average Bonchev–Trinajstić information content (AvgIpc) is 3.35. The van der Waals surface area contributed by atoms with Gasteiger partial charge in [0.05, 0.1) is 11.4 Å². The van der Waals surface area contributed by atoms with Gasteiger partial charge in [-0.1, -0.05) is 30.3 Å². The van der Waals surface area contributed by atoms with Gasteiger partial charge in [-0.3, -0.25) is 0 Å². The van der Waals surface area contributed by atoms with E-state index in [0.717, 1.165) is 47.9 Å². The third kappa shape index (κ3) is 7.73.